The van der Waals surface area contributed by atoms with Crippen LogP contribution in [-0.2, 0) is 4.79 Å². The zero-order valence-electron chi connectivity index (χ0n) is 6.15. The molecule has 0 fully saturated rings. The molecule has 0 amide bonds. The van der Waals surface area contributed by atoms with E-state index in [9.17, 15) is 4.79 Å². The zero-order valence-corrected chi connectivity index (χ0v) is 6.97. The summed E-state index contributed by atoms with van der Waals surface area (Å²) in [5.74, 6) is -0.745. The number of carbonyl (C=O) groups is 1. The van der Waals surface area contributed by atoms with E-state index in [1.54, 1.807) is 13.1 Å². The van der Waals surface area contributed by atoms with E-state index in [1.165, 1.54) is 11.3 Å². The molecule has 0 saturated heterocycles. The van der Waals surface area contributed by atoms with Gasteiger partial charge in [0.1, 0.15) is 0 Å². The number of anilines is 1. The molecule has 0 aliphatic rings. The number of aliphatic carboxylic acids is 1. The third-order valence-corrected chi connectivity index (χ3v) is 1.36. The average molecular weight is 174 g/mol. The van der Waals surface area contributed by atoms with Gasteiger partial charge in [-0.15, -0.1) is 11.3 Å². The van der Waals surface area contributed by atoms with Gasteiger partial charge in [-0.2, -0.15) is 0 Å². The van der Waals surface area contributed by atoms with Crippen molar-refractivity contribution in [3.05, 3.63) is 11.6 Å². The second kappa shape index (κ2) is 5.67. The zero-order chi connectivity index (χ0) is 8.69. The number of carboxylic acids is 1. The molecule has 5 heteroatoms. The van der Waals surface area contributed by atoms with Crippen molar-refractivity contribution < 1.29 is 9.90 Å². The SMILES string of the molecule is CCC(=O)O.Nc1nccs1. The highest BCUT2D eigenvalue weighted by Crippen LogP contribution is 2.02. The molecule has 1 aromatic heterocycles. The molecule has 0 atom stereocenters. The van der Waals surface area contributed by atoms with Crippen molar-refractivity contribution in [3.63, 3.8) is 0 Å². The Hall–Kier alpha value is -1.10. The number of carboxylic acid groups (broad SMARTS) is 1. The van der Waals surface area contributed by atoms with Gasteiger partial charge in [-0.25, -0.2) is 4.98 Å². The number of rotatable bonds is 1. The molecule has 0 aromatic carbocycles. The fourth-order valence-electron chi connectivity index (χ4n) is 0.234. The van der Waals surface area contributed by atoms with E-state index in [0.29, 0.717) is 5.13 Å². The summed E-state index contributed by atoms with van der Waals surface area (Å²) in [4.78, 5) is 13.1. The lowest BCUT2D eigenvalue weighted by Crippen LogP contribution is -1.86. The van der Waals surface area contributed by atoms with Crippen molar-refractivity contribution in [1.29, 1.82) is 0 Å². The second-order valence-corrected chi connectivity index (χ2v) is 2.54. The molecule has 0 unspecified atom stereocenters. The Balaban J connectivity index is 0.000000187. The number of hydrogen-bond donors (Lipinski definition) is 2. The molecule has 1 heterocycles. The lowest BCUT2D eigenvalue weighted by Gasteiger charge is -1.71. The third kappa shape index (κ3) is 6.79. The van der Waals surface area contributed by atoms with Crippen LogP contribution < -0.4 is 5.73 Å². The molecular weight excluding hydrogens is 164 g/mol. The predicted octanol–water partition coefficient (Wildman–Crippen LogP) is 1.21. The summed E-state index contributed by atoms with van der Waals surface area (Å²) >= 11 is 1.44. The van der Waals surface area contributed by atoms with Gasteiger partial charge in [0.15, 0.2) is 5.13 Å². The van der Waals surface area contributed by atoms with Crippen LogP contribution in [0.1, 0.15) is 13.3 Å². The smallest absolute Gasteiger partial charge is 0.303 e. The third-order valence-electron chi connectivity index (χ3n) is 0.754. The highest BCUT2D eigenvalue weighted by Gasteiger charge is 1.80. The Bertz CT molecular complexity index is 198. The summed E-state index contributed by atoms with van der Waals surface area (Å²) < 4.78 is 0. The lowest BCUT2D eigenvalue weighted by atomic mass is 10.5. The Labute approximate surface area is 68.7 Å². The Kier molecular flexibility index (Phi) is 5.10. The molecule has 0 aliphatic heterocycles. The maximum absolute atomic E-state index is 9.37. The normalized spacial score (nSPS) is 8.09. The molecule has 0 saturated carbocycles. The Morgan fingerprint density at radius 1 is 1.91 bits per heavy atom. The quantitative estimate of drug-likeness (QED) is 0.670. The highest BCUT2D eigenvalue weighted by atomic mass is 32.1. The summed E-state index contributed by atoms with van der Waals surface area (Å²) in [7, 11) is 0. The number of nitrogens with zero attached hydrogens (tertiary/aromatic N) is 1. The van der Waals surface area contributed by atoms with E-state index in [0.717, 1.165) is 0 Å². The summed E-state index contributed by atoms with van der Waals surface area (Å²) in [5, 5.41) is 10.2. The van der Waals surface area contributed by atoms with Crippen molar-refractivity contribution in [3.8, 4) is 0 Å². The molecule has 62 valence electrons. The van der Waals surface area contributed by atoms with Gasteiger partial charge in [-0.05, 0) is 0 Å². The fourth-order valence-corrected chi connectivity index (χ4v) is 0.617. The topological polar surface area (TPSA) is 76.2 Å². The van der Waals surface area contributed by atoms with Gasteiger partial charge in [0.2, 0.25) is 0 Å². The first-order valence-corrected chi connectivity index (χ1v) is 3.91. The van der Waals surface area contributed by atoms with Crippen LogP contribution in [0.25, 0.3) is 0 Å². The van der Waals surface area contributed by atoms with Crippen LogP contribution in [0.2, 0.25) is 0 Å². The summed E-state index contributed by atoms with van der Waals surface area (Å²) in [6, 6.07) is 0. The molecule has 1 rings (SSSR count). The first-order valence-electron chi connectivity index (χ1n) is 3.03. The minimum Gasteiger partial charge on any atom is -0.481 e. The van der Waals surface area contributed by atoms with Crippen molar-refractivity contribution in [1.82, 2.24) is 4.98 Å². The second-order valence-electron chi connectivity index (χ2n) is 1.62. The number of aromatic nitrogens is 1. The Morgan fingerprint density at radius 2 is 2.45 bits per heavy atom. The molecule has 0 bridgehead atoms. The fraction of sp³-hybridized carbons (Fsp3) is 0.333. The maximum Gasteiger partial charge on any atom is 0.303 e. The molecule has 0 spiro atoms. The largest absolute Gasteiger partial charge is 0.481 e. The van der Waals surface area contributed by atoms with Gasteiger partial charge in [0.25, 0.3) is 0 Å². The van der Waals surface area contributed by atoms with Crippen molar-refractivity contribution in [2.24, 2.45) is 0 Å². The van der Waals surface area contributed by atoms with Crippen LogP contribution in [0.3, 0.4) is 0 Å². The predicted molar refractivity (Wildman–Crippen MR) is 44.5 cm³/mol. The number of nitrogen functional groups attached to an aromatic ring is 1. The van der Waals surface area contributed by atoms with Crippen LogP contribution in [0.15, 0.2) is 11.6 Å². The van der Waals surface area contributed by atoms with Crippen LogP contribution in [-0.4, -0.2) is 16.1 Å². The lowest BCUT2D eigenvalue weighted by molar-refractivity contribution is -0.136. The van der Waals surface area contributed by atoms with Crippen molar-refractivity contribution in [2.45, 2.75) is 13.3 Å². The minimum absolute atomic E-state index is 0.222. The van der Waals surface area contributed by atoms with Gasteiger partial charge >= 0.3 is 5.97 Å². The number of nitrogens with two attached hydrogens (primary N) is 1. The molecule has 1 aromatic rings. The monoisotopic (exact) mass is 174 g/mol. The van der Waals surface area contributed by atoms with Crippen molar-refractivity contribution >= 4 is 22.4 Å². The van der Waals surface area contributed by atoms with Crippen LogP contribution >= 0.6 is 11.3 Å². The van der Waals surface area contributed by atoms with E-state index in [4.69, 9.17) is 10.8 Å². The van der Waals surface area contributed by atoms with E-state index < -0.39 is 5.97 Å². The van der Waals surface area contributed by atoms with Gasteiger partial charge in [0, 0.05) is 18.0 Å². The molecule has 3 N–H and O–H groups in total. The van der Waals surface area contributed by atoms with E-state index in [1.807, 2.05) is 5.38 Å². The molecular formula is C6H10N2O2S. The van der Waals surface area contributed by atoms with Crippen molar-refractivity contribution in [2.75, 3.05) is 5.73 Å². The van der Waals surface area contributed by atoms with Crippen LogP contribution in [0, 0.1) is 0 Å². The summed E-state index contributed by atoms with van der Waals surface area (Å²) in [6.45, 7) is 1.60. The van der Waals surface area contributed by atoms with E-state index in [2.05, 4.69) is 4.98 Å². The Morgan fingerprint density at radius 3 is 2.55 bits per heavy atom. The van der Waals surface area contributed by atoms with E-state index in [-0.39, 0.29) is 6.42 Å². The van der Waals surface area contributed by atoms with Crippen LogP contribution in [0.5, 0.6) is 0 Å². The van der Waals surface area contributed by atoms with Gasteiger partial charge in [-0.1, -0.05) is 6.92 Å². The van der Waals surface area contributed by atoms with E-state index >= 15 is 0 Å². The maximum atomic E-state index is 9.37. The summed E-state index contributed by atoms with van der Waals surface area (Å²) in [6.07, 6.45) is 1.90. The van der Waals surface area contributed by atoms with Crippen LogP contribution in [0.4, 0.5) is 5.13 Å². The standard InChI is InChI=1S/C3H4N2S.C3H6O2/c4-3-5-1-2-6-3;1-2-3(4)5/h1-2H,(H2,4,5);2H2,1H3,(H,4,5). The van der Waals surface area contributed by atoms with Gasteiger partial charge < -0.3 is 10.8 Å². The first kappa shape index (κ1) is 9.90. The molecule has 0 radical (unpaired) electrons. The number of thiazole rings is 1. The minimum atomic E-state index is -0.745. The first-order chi connectivity index (χ1) is 5.16. The molecule has 11 heavy (non-hydrogen) atoms. The summed E-state index contributed by atoms with van der Waals surface area (Å²) in [5.41, 5.74) is 5.19. The average Bonchev–Trinajstić information content (AvgIpc) is 2.41. The van der Waals surface area contributed by atoms with Gasteiger partial charge in [0.05, 0.1) is 0 Å². The number of hydrogen-bond acceptors (Lipinski definition) is 4. The van der Waals surface area contributed by atoms with Gasteiger partial charge in [-0.3, -0.25) is 4.79 Å². The molecule has 4 nitrogen and oxygen atoms in total. The molecule has 0 aliphatic carbocycles. The highest BCUT2D eigenvalue weighted by molar-refractivity contribution is 7.13.